The maximum atomic E-state index is 13.2. The molecule has 0 aliphatic rings. The first kappa shape index (κ1) is 20.4. The molecule has 5 nitrogen and oxygen atoms in total. The summed E-state index contributed by atoms with van der Waals surface area (Å²) in [7, 11) is 0. The summed E-state index contributed by atoms with van der Waals surface area (Å²) in [5, 5.41) is 3.93. The van der Waals surface area contributed by atoms with Crippen LogP contribution >= 0.6 is 0 Å². The minimum absolute atomic E-state index is 0.136. The van der Waals surface area contributed by atoms with E-state index in [4.69, 9.17) is 4.74 Å². The number of ether oxygens (including phenoxy) is 1. The van der Waals surface area contributed by atoms with Crippen LogP contribution in [-0.2, 0) is 13.1 Å². The molecule has 0 radical (unpaired) electrons. The molecule has 4 aromatic rings. The number of aromatic nitrogens is 2. The summed E-state index contributed by atoms with van der Waals surface area (Å²) < 4.78 is 7.90. The molecular formula is C26H25N3O2. The largest absolute Gasteiger partial charge is 0.489 e. The molecule has 4 rings (SSSR count). The van der Waals surface area contributed by atoms with Crippen LogP contribution in [-0.4, -0.2) is 22.1 Å². The van der Waals surface area contributed by atoms with Crippen molar-refractivity contribution in [3.05, 3.63) is 108 Å². The highest BCUT2D eigenvalue weighted by molar-refractivity contribution is 6.00. The second-order valence-corrected chi connectivity index (χ2v) is 7.37. The van der Waals surface area contributed by atoms with Gasteiger partial charge >= 0.3 is 0 Å². The van der Waals surface area contributed by atoms with Gasteiger partial charge in [0, 0.05) is 30.9 Å². The van der Waals surface area contributed by atoms with E-state index in [0.717, 1.165) is 22.2 Å². The predicted octanol–water partition coefficient (Wildman–Crippen LogP) is 4.89. The van der Waals surface area contributed by atoms with Crippen molar-refractivity contribution in [2.75, 3.05) is 6.61 Å². The lowest BCUT2D eigenvalue weighted by Crippen LogP contribution is -2.25. The van der Waals surface area contributed by atoms with Crippen molar-refractivity contribution < 1.29 is 9.53 Å². The van der Waals surface area contributed by atoms with Gasteiger partial charge in [-0.3, -0.25) is 9.78 Å². The summed E-state index contributed by atoms with van der Waals surface area (Å²) in [6.07, 6.45) is 5.19. The van der Waals surface area contributed by atoms with Crippen LogP contribution in [0.2, 0.25) is 0 Å². The number of pyridine rings is 1. The van der Waals surface area contributed by atoms with E-state index in [2.05, 4.69) is 40.5 Å². The van der Waals surface area contributed by atoms with Crippen LogP contribution in [0.1, 0.15) is 27.2 Å². The highest BCUT2D eigenvalue weighted by atomic mass is 16.5. The van der Waals surface area contributed by atoms with Crippen LogP contribution in [0.5, 0.6) is 5.75 Å². The van der Waals surface area contributed by atoms with Crippen LogP contribution < -0.4 is 10.1 Å². The van der Waals surface area contributed by atoms with Crippen molar-refractivity contribution in [3.63, 3.8) is 0 Å². The molecule has 0 saturated heterocycles. The van der Waals surface area contributed by atoms with Crippen LogP contribution in [0.25, 0.3) is 10.9 Å². The van der Waals surface area contributed by atoms with Gasteiger partial charge in [0.25, 0.3) is 5.91 Å². The SMILES string of the molecule is C=CCOc1cccc2c1cc(C(=O)NCc1cccnc1)n2Cc1ccccc1C. The number of hydrogen-bond donors (Lipinski definition) is 1. The van der Waals surface area contributed by atoms with Crippen LogP contribution in [0.15, 0.2) is 85.7 Å². The molecule has 1 N–H and O–H groups in total. The number of benzene rings is 2. The maximum absolute atomic E-state index is 13.2. The minimum atomic E-state index is -0.136. The van der Waals surface area contributed by atoms with E-state index in [9.17, 15) is 4.79 Å². The first-order chi connectivity index (χ1) is 15.2. The fourth-order valence-electron chi connectivity index (χ4n) is 3.62. The summed E-state index contributed by atoms with van der Waals surface area (Å²) in [5.41, 5.74) is 4.85. The van der Waals surface area contributed by atoms with E-state index < -0.39 is 0 Å². The van der Waals surface area contributed by atoms with Gasteiger partial charge in [0.15, 0.2) is 0 Å². The molecule has 1 amide bonds. The molecule has 2 aromatic heterocycles. The molecule has 2 heterocycles. The zero-order valence-corrected chi connectivity index (χ0v) is 17.5. The molecule has 0 fully saturated rings. The Morgan fingerprint density at radius 3 is 2.81 bits per heavy atom. The summed E-state index contributed by atoms with van der Waals surface area (Å²) in [6, 6.07) is 19.8. The lowest BCUT2D eigenvalue weighted by molar-refractivity contribution is 0.0942. The van der Waals surface area contributed by atoms with Crippen LogP contribution in [0, 0.1) is 6.92 Å². The van der Waals surface area contributed by atoms with Crippen molar-refractivity contribution in [2.45, 2.75) is 20.0 Å². The second-order valence-electron chi connectivity index (χ2n) is 7.37. The van der Waals surface area contributed by atoms with Gasteiger partial charge in [-0.2, -0.15) is 0 Å². The monoisotopic (exact) mass is 411 g/mol. The summed E-state index contributed by atoms with van der Waals surface area (Å²) in [4.78, 5) is 17.3. The maximum Gasteiger partial charge on any atom is 0.268 e. The molecular weight excluding hydrogens is 386 g/mol. The zero-order valence-electron chi connectivity index (χ0n) is 17.5. The van der Waals surface area contributed by atoms with Gasteiger partial charge in [-0.05, 0) is 47.9 Å². The average Bonchev–Trinajstić information content (AvgIpc) is 3.17. The topological polar surface area (TPSA) is 56.1 Å². The Balaban J connectivity index is 1.73. The fourth-order valence-corrected chi connectivity index (χ4v) is 3.62. The molecule has 0 aliphatic carbocycles. The number of carbonyl (C=O) groups is 1. The quantitative estimate of drug-likeness (QED) is 0.420. The Hall–Kier alpha value is -3.86. The second kappa shape index (κ2) is 9.30. The number of aryl methyl sites for hydroxylation is 1. The highest BCUT2D eigenvalue weighted by Gasteiger charge is 2.18. The number of fused-ring (bicyclic) bond motifs is 1. The number of amides is 1. The van der Waals surface area contributed by atoms with E-state index in [1.54, 1.807) is 18.5 Å². The fraction of sp³-hybridized carbons (Fsp3) is 0.154. The van der Waals surface area contributed by atoms with Crippen molar-refractivity contribution in [1.29, 1.82) is 0 Å². The molecule has 5 heteroatoms. The van der Waals surface area contributed by atoms with Gasteiger partial charge in [-0.15, -0.1) is 0 Å². The molecule has 0 unspecified atom stereocenters. The summed E-state index contributed by atoms with van der Waals surface area (Å²) in [6.45, 7) is 7.23. The number of carbonyl (C=O) groups excluding carboxylic acids is 1. The van der Waals surface area contributed by atoms with Gasteiger partial charge in [-0.1, -0.05) is 49.1 Å². The van der Waals surface area contributed by atoms with Crippen molar-refractivity contribution in [3.8, 4) is 5.75 Å². The third-order valence-electron chi connectivity index (χ3n) is 5.26. The van der Waals surface area contributed by atoms with E-state index in [1.807, 2.05) is 48.5 Å². The number of nitrogens with zero attached hydrogens (tertiary/aromatic N) is 2. The first-order valence-electron chi connectivity index (χ1n) is 10.2. The van der Waals surface area contributed by atoms with E-state index in [1.165, 1.54) is 11.1 Å². The Bertz CT molecular complexity index is 1210. The third-order valence-corrected chi connectivity index (χ3v) is 5.26. The standard InChI is InChI=1S/C26H25N3O2/c1-3-14-31-25-12-6-11-23-22(25)15-24(26(30)28-17-20-9-7-13-27-16-20)29(23)18-21-10-5-4-8-19(21)2/h3-13,15-16H,1,14,17-18H2,2H3,(H,28,30). The lowest BCUT2D eigenvalue weighted by Gasteiger charge is -2.13. The number of nitrogens with one attached hydrogen (secondary N) is 1. The smallest absolute Gasteiger partial charge is 0.268 e. The zero-order chi connectivity index (χ0) is 21.6. The van der Waals surface area contributed by atoms with Gasteiger partial charge in [-0.25, -0.2) is 0 Å². The minimum Gasteiger partial charge on any atom is -0.489 e. The molecule has 0 spiro atoms. The van der Waals surface area contributed by atoms with Crippen molar-refractivity contribution in [1.82, 2.24) is 14.9 Å². The highest BCUT2D eigenvalue weighted by Crippen LogP contribution is 2.30. The number of hydrogen-bond acceptors (Lipinski definition) is 3. The lowest BCUT2D eigenvalue weighted by atomic mass is 10.1. The summed E-state index contributed by atoms with van der Waals surface area (Å²) >= 11 is 0. The Kier molecular flexibility index (Phi) is 6.13. The third kappa shape index (κ3) is 4.51. The molecule has 0 saturated carbocycles. The van der Waals surface area contributed by atoms with E-state index in [0.29, 0.717) is 25.4 Å². The van der Waals surface area contributed by atoms with E-state index in [-0.39, 0.29) is 5.91 Å². The van der Waals surface area contributed by atoms with Gasteiger partial charge in [0.05, 0.1) is 5.52 Å². The molecule has 2 aromatic carbocycles. The summed E-state index contributed by atoms with van der Waals surface area (Å²) in [5.74, 6) is 0.602. The van der Waals surface area contributed by atoms with Gasteiger partial charge in [0.1, 0.15) is 18.1 Å². The normalized spacial score (nSPS) is 10.7. The van der Waals surface area contributed by atoms with Crippen LogP contribution in [0.3, 0.4) is 0 Å². The predicted molar refractivity (Wildman–Crippen MR) is 123 cm³/mol. The number of rotatable bonds is 8. The molecule has 0 atom stereocenters. The van der Waals surface area contributed by atoms with Crippen molar-refractivity contribution in [2.24, 2.45) is 0 Å². The van der Waals surface area contributed by atoms with Crippen molar-refractivity contribution >= 4 is 16.8 Å². The molecule has 31 heavy (non-hydrogen) atoms. The Morgan fingerprint density at radius 1 is 1.16 bits per heavy atom. The molecule has 0 bridgehead atoms. The average molecular weight is 412 g/mol. The first-order valence-corrected chi connectivity index (χ1v) is 10.2. The van der Waals surface area contributed by atoms with Gasteiger partial charge in [0.2, 0.25) is 0 Å². The van der Waals surface area contributed by atoms with Gasteiger partial charge < -0.3 is 14.6 Å². The Morgan fingerprint density at radius 2 is 2.03 bits per heavy atom. The van der Waals surface area contributed by atoms with Crippen LogP contribution in [0.4, 0.5) is 0 Å². The Labute approximate surface area is 182 Å². The molecule has 156 valence electrons. The van der Waals surface area contributed by atoms with E-state index >= 15 is 0 Å². The molecule has 0 aliphatic heterocycles.